The van der Waals surface area contributed by atoms with Crippen molar-refractivity contribution in [2.45, 2.75) is 70.6 Å². The number of hydrogen-bond donors (Lipinski definition) is 1. The molecule has 0 saturated carbocycles. The van der Waals surface area contributed by atoms with E-state index >= 15 is 0 Å². The zero-order valence-corrected chi connectivity index (χ0v) is 13.0. The number of aryl methyl sites for hydroxylation is 1. The highest BCUT2D eigenvalue weighted by atomic mass is 16.5. The SMILES string of the molecule is CC(C)(O)c1cc2c(n(CC3CCCO3)c1=O)CCCC2. The van der Waals surface area contributed by atoms with Crippen molar-refractivity contribution in [3.63, 3.8) is 0 Å². The largest absolute Gasteiger partial charge is 0.386 e. The molecule has 1 aromatic rings. The lowest BCUT2D eigenvalue weighted by molar-refractivity contribution is 0.0738. The van der Waals surface area contributed by atoms with Gasteiger partial charge in [-0.25, -0.2) is 0 Å². The average molecular weight is 291 g/mol. The van der Waals surface area contributed by atoms with Crippen molar-refractivity contribution in [1.29, 1.82) is 0 Å². The van der Waals surface area contributed by atoms with E-state index < -0.39 is 5.60 Å². The maximum atomic E-state index is 12.8. The fraction of sp³-hybridized carbons (Fsp3) is 0.706. The second-order valence-electron chi connectivity index (χ2n) is 6.85. The number of hydrogen-bond acceptors (Lipinski definition) is 3. The van der Waals surface area contributed by atoms with E-state index in [9.17, 15) is 9.90 Å². The Morgan fingerprint density at radius 3 is 2.76 bits per heavy atom. The van der Waals surface area contributed by atoms with Crippen molar-refractivity contribution in [1.82, 2.24) is 4.57 Å². The first-order valence-electron chi connectivity index (χ1n) is 8.07. The first-order valence-corrected chi connectivity index (χ1v) is 8.07. The minimum absolute atomic E-state index is 0.0429. The van der Waals surface area contributed by atoms with Gasteiger partial charge in [0.15, 0.2) is 0 Å². The maximum absolute atomic E-state index is 12.8. The number of fused-ring (bicyclic) bond motifs is 1. The molecule has 4 heteroatoms. The number of ether oxygens (including phenoxy) is 1. The van der Waals surface area contributed by atoms with Gasteiger partial charge in [0.05, 0.1) is 18.2 Å². The van der Waals surface area contributed by atoms with Crippen LogP contribution in [0.5, 0.6) is 0 Å². The van der Waals surface area contributed by atoms with Crippen LogP contribution in [0.1, 0.15) is 56.4 Å². The third-order valence-corrected chi connectivity index (χ3v) is 4.67. The summed E-state index contributed by atoms with van der Waals surface area (Å²) in [6, 6.07) is 1.93. The second kappa shape index (κ2) is 5.58. The summed E-state index contributed by atoms with van der Waals surface area (Å²) in [5.74, 6) is 0. The van der Waals surface area contributed by atoms with Gasteiger partial charge < -0.3 is 14.4 Å². The monoisotopic (exact) mass is 291 g/mol. The molecule has 0 spiro atoms. The van der Waals surface area contributed by atoms with E-state index in [1.165, 1.54) is 5.56 Å². The molecule has 1 aromatic heterocycles. The summed E-state index contributed by atoms with van der Waals surface area (Å²) >= 11 is 0. The Balaban J connectivity index is 2.08. The zero-order chi connectivity index (χ0) is 15.0. The summed E-state index contributed by atoms with van der Waals surface area (Å²) in [5.41, 5.74) is 1.77. The topological polar surface area (TPSA) is 51.5 Å². The second-order valence-corrected chi connectivity index (χ2v) is 6.85. The molecular formula is C17H25NO3. The van der Waals surface area contributed by atoms with Crippen LogP contribution in [0.25, 0.3) is 0 Å². The van der Waals surface area contributed by atoms with E-state index in [0.717, 1.165) is 50.8 Å². The standard InChI is InChI=1S/C17H25NO3/c1-17(2,20)14-10-12-6-3-4-8-15(12)18(16(14)19)11-13-7-5-9-21-13/h10,13,20H,3-9,11H2,1-2H3. The molecule has 1 aliphatic carbocycles. The quantitative estimate of drug-likeness (QED) is 0.928. The smallest absolute Gasteiger partial charge is 0.256 e. The predicted molar refractivity (Wildman–Crippen MR) is 81.6 cm³/mol. The molecule has 1 aliphatic heterocycles. The molecule has 116 valence electrons. The number of aromatic nitrogens is 1. The van der Waals surface area contributed by atoms with E-state index in [2.05, 4.69) is 0 Å². The molecule has 0 aromatic carbocycles. The molecule has 0 bridgehead atoms. The first kappa shape index (κ1) is 14.8. The molecule has 1 saturated heterocycles. The van der Waals surface area contributed by atoms with Gasteiger partial charge in [-0.3, -0.25) is 4.79 Å². The molecule has 4 nitrogen and oxygen atoms in total. The third-order valence-electron chi connectivity index (χ3n) is 4.67. The molecule has 1 fully saturated rings. The van der Waals surface area contributed by atoms with Crippen molar-refractivity contribution in [2.75, 3.05) is 6.61 Å². The number of nitrogens with zero attached hydrogens (tertiary/aromatic N) is 1. The van der Waals surface area contributed by atoms with Crippen LogP contribution in [0, 0.1) is 0 Å². The first-order chi connectivity index (χ1) is 9.97. The highest BCUT2D eigenvalue weighted by Crippen LogP contribution is 2.26. The van der Waals surface area contributed by atoms with Crippen molar-refractivity contribution >= 4 is 0 Å². The summed E-state index contributed by atoms with van der Waals surface area (Å²) in [7, 11) is 0. The fourth-order valence-electron chi connectivity index (χ4n) is 3.50. The van der Waals surface area contributed by atoms with Crippen molar-refractivity contribution in [3.8, 4) is 0 Å². The lowest BCUT2D eigenvalue weighted by Gasteiger charge is -2.27. The van der Waals surface area contributed by atoms with E-state index in [1.54, 1.807) is 13.8 Å². The Kier molecular flexibility index (Phi) is 3.93. The summed E-state index contributed by atoms with van der Waals surface area (Å²) in [6.07, 6.45) is 6.51. The minimum Gasteiger partial charge on any atom is -0.386 e. The van der Waals surface area contributed by atoms with E-state index in [1.807, 2.05) is 10.6 Å². The Bertz CT molecular complexity index is 577. The summed E-state index contributed by atoms with van der Waals surface area (Å²) in [4.78, 5) is 12.8. The molecule has 0 amide bonds. The van der Waals surface area contributed by atoms with Gasteiger partial charge in [0.2, 0.25) is 0 Å². The van der Waals surface area contributed by atoms with E-state index in [-0.39, 0.29) is 11.7 Å². The lowest BCUT2D eigenvalue weighted by Crippen LogP contribution is -2.37. The normalized spacial score (nSPS) is 22.3. The average Bonchev–Trinajstić information content (AvgIpc) is 2.93. The van der Waals surface area contributed by atoms with Gasteiger partial charge in [-0.1, -0.05) is 0 Å². The number of aliphatic hydroxyl groups is 1. The maximum Gasteiger partial charge on any atom is 0.256 e. The van der Waals surface area contributed by atoms with E-state index in [4.69, 9.17) is 4.74 Å². The van der Waals surface area contributed by atoms with Crippen molar-refractivity contribution in [3.05, 3.63) is 33.2 Å². The summed E-state index contributed by atoms with van der Waals surface area (Å²) < 4.78 is 7.59. The Morgan fingerprint density at radius 2 is 2.10 bits per heavy atom. The number of pyridine rings is 1. The van der Waals surface area contributed by atoms with Crippen LogP contribution >= 0.6 is 0 Å². The van der Waals surface area contributed by atoms with Crippen LogP contribution in [0.3, 0.4) is 0 Å². The van der Waals surface area contributed by atoms with Gasteiger partial charge in [0.1, 0.15) is 0 Å². The zero-order valence-electron chi connectivity index (χ0n) is 13.0. The molecule has 1 atom stereocenters. The molecule has 21 heavy (non-hydrogen) atoms. The predicted octanol–water partition coefficient (Wildman–Crippen LogP) is 2.13. The third kappa shape index (κ3) is 2.92. The van der Waals surface area contributed by atoms with Crippen molar-refractivity contribution < 1.29 is 9.84 Å². The van der Waals surface area contributed by atoms with Crippen LogP contribution in [0.4, 0.5) is 0 Å². The molecule has 2 heterocycles. The number of rotatable bonds is 3. The Morgan fingerprint density at radius 1 is 1.33 bits per heavy atom. The van der Waals surface area contributed by atoms with Crippen LogP contribution in [-0.4, -0.2) is 22.4 Å². The molecule has 2 aliphatic rings. The minimum atomic E-state index is -1.10. The van der Waals surface area contributed by atoms with Crippen LogP contribution in [0.15, 0.2) is 10.9 Å². The fourth-order valence-corrected chi connectivity index (χ4v) is 3.50. The molecule has 3 rings (SSSR count). The van der Waals surface area contributed by atoms with Gasteiger partial charge in [-0.15, -0.1) is 0 Å². The van der Waals surface area contributed by atoms with Crippen LogP contribution < -0.4 is 5.56 Å². The summed E-state index contributed by atoms with van der Waals surface area (Å²) in [5, 5.41) is 10.3. The van der Waals surface area contributed by atoms with Gasteiger partial charge in [0, 0.05) is 17.9 Å². The highest BCUT2D eigenvalue weighted by molar-refractivity contribution is 5.31. The molecule has 1 unspecified atom stereocenters. The Labute approximate surface area is 125 Å². The van der Waals surface area contributed by atoms with Crippen LogP contribution in [0.2, 0.25) is 0 Å². The molecular weight excluding hydrogens is 266 g/mol. The molecule has 0 radical (unpaired) electrons. The van der Waals surface area contributed by atoms with Gasteiger partial charge in [-0.2, -0.15) is 0 Å². The van der Waals surface area contributed by atoms with Crippen molar-refractivity contribution in [2.24, 2.45) is 0 Å². The highest BCUT2D eigenvalue weighted by Gasteiger charge is 2.27. The Hall–Kier alpha value is -1.13. The van der Waals surface area contributed by atoms with Crippen LogP contribution in [-0.2, 0) is 29.7 Å². The van der Waals surface area contributed by atoms with Gasteiger partial charge in [-0.05, 0) is 64.0 Å². The van der Waals surface area contributed by atoms with Gasteiger partial charge >= 0.3 is 0 Å². The summed E-state index contributed by atoms with van der Waals surface area (Å²) in [6.45, 7) is 4.81. The molecule has 1 N–H and O–H groups in total. The van der Waals surface area contributed by atoms with E-state index in [0.29, 0.717) is 12.1 Å². The van der Waals surface area contributed by atoms with Gasteiger partial charge in [0.25, 0.3) is 5.56 Å². The lowest BCUT2D eigenvalue weighted by atomic mass is 9.90.